The second-order valence-corrected chi connectivity index (χ2v) is 6.36. The standard InChI is InChI=1S/C18H14ClN3OS/c1-12(23)21-16-8-4-14(5-9-16)17-11-24-18(22-17)20-10-13-2-6-15(19)7-3-13/h2-11H,1H3,(H,21,23)/b20-10+. The number of carbonyl (C=O) groups is 1. The van der Waals surface area contributed by atoms with Gasteiger partial charge in [0, 0.05) is 34.8 Å². The number of anilines is 1. The van der Waals surface area contributed by atoms with E-state index >= 15 is 0 Å². The number of benzene rings is 2. The SMILES string of the molecule is CC(=O)Nc1ccc(-c2csc(/N=C/c3ccc(Cl)cc3)n2)cc1. The molecule has 1 heterocycles. The first-order valence-electron chi connectivity index (χ1n) is 7.23. The Bertz CT molecular complexity index is 870. The monoisotopic (exact) mass is 355 g/mol. The number of aromatic nitrogens is 1. The molecule has 0 atom stereocenters. The van der Waals surface area contributed by atoms with Crippen molar-refractivity contribution in [3.05, 3.63) is 64.5 Å². The van der Waals surface area contributed by atoms with Crippen molar-refractivity contribution >= 4 is 45.9 Å². The number of carbonyl (C=O) groups excluding carboxylic acids is 1. The zero-order chi connectivity index (χ0) is 16.9. The third kappa shape index (κ3) is 4.28. The Balaban J connectivity index is 1.73. The molecule has 0 fully saturated rings. The molecular formula is C18H14ClN3OS. The highest BCUT2D eigenvalue weighted by atomic mass is 35.5. The summed E-state index contributed by atoms with van der Waals surface area (Å²) in [6.45, 7) is 1.49. The molecule has 6 heteroatoms. The molecule has 3 rings (SSSR count). The number of hydrogen-bond donors (Lipinski definition) is 1. The van der Waals surface area contributed by atoms with Crippen molar-refractivity contribution < 1.29 is 4.79 Å². The van der Waals surface area contributed by atoms with Crippen molar-refractivity contribution in [2.75, 3.05) is 5.32 Å². The summed E-state index contributed by atoms with van der Waals surface area (Å²) in [5.41, 5.74) is 3.57. The van der Waals surface area contributed by atoms with Gasteiger partial charge in [0.15, 0.2) is 0 Å². The van der Waals surface area contributed by atoms with Gasteiger partial charge in [-0.25, -0.2) is 9.98 Å². The Morgan fingerprint density at radius 3 is 2.54 bits per heavy atom. The highest BCUT2D eigenvalue weighted by Gasteiger charge is 2.04. The van der Waals surface area contributed by atoms with Gasteiger partial charge in [0.1, 0.15) is 0 Å². The van der Waals surface area contributed by atoms with Gasteiger partial charge in [0.05, 0.1) is 5.69 Å². The summed E-state index contributed by atoms with van der Waals surface area (Å²) < 4.78 is 0. The van der Waals surface area contributed by atoms with Crippen LogP contribution in [-0.2, 0) is 4.79 Å². The smallest absolute Gasteiger partial charge is 0.221 e. The topological polar surface area (TPSA) is 54.4 Å². The minimum Gasteiger partial charge on any atom is -0.326 e. The molecule has 0 saturated heterocycles. The quantitative estimate of drug-likeness (QED) is 0.656. The van der Waals surface area contributed by atoms with Crippen LogP contribution >= 0.6 is 22.9 Å². The Labute approximate surface area is 148 Å². The Kier molecular flexibility index (Phi) is 5.03. The van der Waals surface area contributed by atoms with E-state index < -0.39 is 0 Å². The highest BCUT2D eigenvalue weighted by molar-refractivity contribution is 7.13. The molecule has 4 nitrogen and oxygen atoms in total. The second kappa shape index (κ2) is 7.38. The summed E-state index contributed by atoms with van der Waals surface area (Å²) in [4.78, 5) is 19.9. The summed E-state index contributed by atoms with van der Waals surface area (Å²) in [5, 5.41) is 6.09. The van der Waals surface area contributed by atoms with E-state index in [0.29, 0.717) is 10.2 Å². The van der Waals surface area contributed by atoms with E-state index in [-0.39, 0.29) is 5.91 Å². The molecule has 3 aromatic rings. The van der Waals surface area contributed by atoms with E-state index in [9.17, 15) is 4.79 Å². The van der Waals surface area contributed by atoms with Crippen molar-refractivity contribution in [3.63, 3.8) is 0 Å². The zero-order valence-corrected chi connectivity index (χ0v) is 14.4. The summed E-state index contributed by atoms with van der Waals surface area (Å²) in [6.07, 6.45) is 1.76. The number of nitrogens with one attached hydrogen (secondary N) is 1. The van der Waals surface area contributed by atoms with Crippen LogP contribution in [0.2, 0.25) is 5.02 Å². The van der Waals surface area contributed by atoms with E-state index in [1.807, 2.05) is 53.9 Å². The first-order valence-corrected chi connectivity index (χ1v) is 8.49. The Morgan fingerprint density at radius 1 is 1.17 bits per heavy atom. The van der Waals surface area contributed by atoms with Crippen molar-refractivity contribution in [1.82, 2.24) is 4.98 Å². The number of aliphatic imine (C=N–C) groups is 1. The van der Waals surface area contributed by atoms with Crippen LogP contribution in [0, 0.1) is 0 Å². The molecule has 1 N–H and O–H groups in total. The van der Waals surface area contributed by atoms with Gasteiger partial charge >= 0.3 is 0 Å². The minimum absolute atomic E-state index is 0.0877. The lowest BCUT2D eigenvalue weighted by atomic mass is 10.1. The molecule has 0 bridgehead atoms. The van der Waals surface area contributed by atoms with Crippen LogP contribution < -0.4 is 5.32 Å². The lowest BCUT2D eigenvalue weighted by Crippen LogP contribution is -2.05. The second-order valence-electron chi connectivity index (χ2n) is 5.08. The largest absolute Gasteiger partial charge is 0.326 e. The molecule has 0 radical (unpaired) electrons. The molecule has 24 heavy (non-hydrogen) atoms. The summed E-state index contributed by atoms with van der Waals surface area (Å²) in [5.74, 6) is -0.0877. The summed E-state index contributed by atoms with van der Waals surface area (Å²) in [7, 11) is 0. The summed E-state index contributed by atoms with van der Waals surface area (Å²) in [6, 6.07) is 15.0. The van der Waals surface area contributed by atoms with Gasteiger partial charge in [-0.1, -0.05) is 35.9 Å². The van der Waals surface area contributed by atoms with E-state index in [2.05, 4.69) is 15.3 Å². The van der Waals surface area contributed by atoms with Gasteiger partial charge in [0.25, 0.3) is 0 Å². The maximum atomic E-state index is 11.0. The van der Waals surface area contributed by atoms with Crippen molar-refractivity contribution in [1.29, 1.82) is 0 Å². The normalized spacial score (nSPS) is 10.9. The molecule has 1 amide bonds. The third-order valence-corrected chi connectivity index (χ3v) is 4.19. The first kappa shape index (κ1) is 16.4. The van der Waals surface area contributed by atoms with E-state index in [1.165, 1.54) is 18.3 Å². The van der Waals surface area contributed by atoms with Crippen molar-refractivity contribution in [3.8, 4) is 11.3 Å². The van der Waals surface area contributed by atoms with E-state index in [1.54, 1.807) is 6.21 Å². The predicted molar refractivity (Wildman–Crippen MR) is 101 cm³/mol. The Morgan fingerprint density at radius 2 is 1.88 bits per heavy atom. The maximum absolute atomic E-state index is 11.0. The van der Waals surface area contributed by atoms with Gasteiger partial charge in [-0.3, -0.25) is 4.79 Å². The highest BCUT2D eigenvalue weighted by Crippen LogP contribution is 2.27. The molecule has 0 aliphatic rings. The molecule has 1 aromatic heterocycles. The molecule has 120 valence electrons. The number of halogens is 1. The molecule has 0 aliphatic heterocycles. The zero-order valence-electron chi connectivity index (χ0n) is 12.9. The van der Waals surface area contributed by atoms with Crippen LogP contribution in [0.25, 0.3) is 11.3 Å². The van der Waals surface area contributed by atoms with Gasteiger partial charge < -0.3 is 5.32 Å². The summed E-state index contributed by atoms with van der Waals surface area (Å²) >= 11 is 7.34. The van der Waals surface area contributed by atoms with Crippen LogP contribution in [0.3, 0.4) is 0 Å². The Hall–Kier alpha value is -2.50. The van der Waals surface area contributed by atoms with Gasteiger partial charge in [-0.2, -0.15) is 0 Å². The fourth-order valence-corrected chi connectivity index (χ4v) is 2.86. The third-order valence-electron chi connectivity index (χ3n) is 3.19. The number of amides is 1. The molecule has 0 unspecified atom stereocenters. The van der Waals surface area contributed by atoms with Crippen LogP contribution in [0.5, 0.6) is 0 Å². The molecular weight excluding hydrogens is 342 g/mol. The predicted octanol–water partition coefficient (Wildman–Crippen LogP) is 5.17. The fourth-order valence-electron chi connectivity index (χ4n) is 2.06. The number of thiazole rings is 1. The van der Waals surface area contributed by atoms with Crippen molar-refractivity contribution in [2.24, 2.45) is 4.99 Å². The van der Waals surface area contributed by atoms with E-state index in [4.69, 9.17) is 11.6 Å². The minimum atomic E-state index is -0.0877. The number of hydrogen-bond acceptors (Lipinski definition) is 4. The molecule has 0 spiro atoms. The number of nitrogens with zero attached hydrogens (tertiary/aromatic N) is 2. The van der Waals surface area contributed by atoms with Gasteiger partial charge in [0.2, 0.25) is 11.0 Å². The molecule has 0 saturated carbocycles. The van der Waals surface area contributed by atoms with Crippen LogP contribution in [0.1, 0.15) is 12.5 Å². The van der Waals surface area contributed by atoms with Crippen molar-refractivity contribution in [2.45, 2.75) is 6.92 Å². The fraction of sp³-hybridized carbons (Fsp3) is 0.0556. The van der Waals surface area contributed by atoms with Crippen LogP contribution in [-0.4, -0.2) is 17.1 Å². The molecule has 2 aromatic carbocycles. The van der Waals surface area contributed by atoms with Gasteiger partial charge in [-0.15, -0.1) is 11.3 Å². The van der Waals surface area contributed by atoms with Crippen LogP contribution in [0.4, 0.5) is 10.8 Å². The average Bonchev–Trinajstić information content (AvgIpc) is 3.03. The average molecular weight is 356 g/mol. The van der Waals surface area contributed by atoms with Crippen LogP contribution in [0.15, 0.2) is 58.9 Å². The first-order chi connectivity index (χ1) is 11.6. The number of rotatable bonds is 4. The lowest BCUT2D eigenvalue weighted by Gasteiger charge is -2.02. The molecule has 0 aliphatic carbocycles. The lowest BCUT2D eigenvalue weighted by molar-refractivity contribution is -0.114. The maximum Gasteiger partial charge on any atom is 0.221 e. The van der Waals surface area contributed by atoms with E-state index in [0.717, 1.165) is 22.5 Å². The van der Waals surface area contributed by atoms with Gasteiger partial charge in [-0.05, 0) is 29.8 Å².